The molecule has 2 heteroatoms. The summed E-state index contributed by atoms with van der Waals surface area (Å²) in [7, 11) is 0. The molecule has 1 heterocycles. The Balaban J connectivity index is 1.53. The predicted octanol–water partition coefficient (Wildman–Crippen LogP) is 6.13. The molecule has 0 bridgehead atoms. The Labute approximate surface area is 166 Å². The van der Waals surface area contributed by atoms with Crippen molar-refractivity contribution in [2.24, 2.45) is 5.92 Å². The molecule has 0 unspecified atom stereocenters. The largest absolute Gasteiger partial charge is 0.253 e. The van der Waals surface area contributed by atoms with Gasteiger partial charge in [-0.2, -0.15) is 0 Å². The highest BCUT2D eigenvalue weighted by molar-refractivity contribution is 5.73. The Hall–Kier alpha value is -3.26. The summed E-state index contributed by atoms with van der Waals surface area (Å²) >= 11 is 0. The van der Waals surface area contributed by atoms with Crippen molar-refractivity contribution in [1.82, 2.24) is 9.97 Å². The van der Waals surface area contributed by atoms with Crippen LogP contribution >= 0.6 is 0 Å². The van der Waals surface area contributed by atoms with Crippen LogP contribution < -0.4 is 0 Å². The standard InChI is InChI=1S/C26H24N2/c1-3-9-21(10-4-1)15-17-23(18-16-22-11-5-2-6-12-22)19-24-20-27-25-13-7-8-14-26(25)28-24/h1-15,17,20,23H,16,18-19H2/b17-15+/t23-/m0/s1. The maximum absolute atomic E-state index is 4.83. The summed E-state index contributed by atoms with van der Waals surface area (Å²) < 4.78 is 0. The van der Waals surface area contributed by atoms with Crippen molar-refractivity contribution in [1.29, 1.82) is 0 Å². The van der Waals surface area contributed by atoms with Crippen molar-refractivity contribution in [2.75, 3.05) is 0 Å². The highest BCUT2D eigenvalue weighted by atomic mass is 14.8. The first-order chi connectivity index (χ1) is 13.9. The quantitative estimate of drug-likeness (QED) is 0.394. The van der Waals surface area contributed by atoms with Crippen LogP contribution in [0.3, 0.4) is 0 Å². The lowest BCUT2D eigenvalue weighted by Gasteiger charge is -2.13. The van der Waals surface area contributed by atoms with Crippen molar-refractivity contribution in [3.63, 3.8) is 0 Å². The van der Waals surface area contributed by atoms with Crippen LogP contribution in [0.4, 0.5) is 0 Å². The zero-order valence-electron chi connectivity index (χ0n) is 15.9. The van der Waals surface area contributed by atoms with E-state index in [0.717, 1.165) is 36.0 Å². The molecule has 2 nitrogen and oxygen atoms in total. The minimum Gasteiger partial charge on any atom is -0.253 e. The Bertz CT molecular complexity index is 1040. The molecule has 0 spiro atoms. The van der Waals surface area contributed by atoms with Gasteiger partial charge in [0.2, 0.25) is 0 Å². The van der Waals surface area contributed by atoms with Gasteiger partial charge < -0.3 is 0 Å². The third-order valence-corrected chi connectivity index (χ3v) is 4.98. The van der Waals surface area contributed by atoms with Gasteiger partial charge in [0.25, 0.3) is 0 Å². The van der Waals surface area contributed by atoms with Crippen LogP contribution in [0.5, 0.6) is 0 Å². The van der Waals surface area contributed by atoms with Gasteiger partial charge in [0, 0.05) is 6.20 Å². The minimum atomic E-state index is 0.413. The molecule has 0 aliphatic heterocycles. The lowest BCUT2D eigenvalue weighted by atomic mass is 9.94. The Morgan fingerprint density at radius 3 is 2.21 bits per heavy atom. The molecule has 1 aromatic heterocycles. The van der Waals surface area contributed by atoms with Crippen molar-refractivity contribution in [3.05, 3.63) is 114 Å². The SMILES string of the molecule is C(=C\[C@@H](CCc1ccccc1)Cc1cnc2ccccc2n1)/c1ccccc1. The van der Waals surface area contributed by atoms with Crippen LogP contribution in [0.1, 0.15) is 23.2 Å². The zero-order chi connectivity index (χ0) is 19.0. The lowest BCUT2D eigenvalue weighted by Crippen LogP contribution is -2.06. The molecule has 0 aliphatic rings. The van der Waals surface area contributed by atoms with E-state index in [0.29, 0.717) is 5.92 Å². The lowest BCUT2D eigenvalue weighted by molar-refractivity contribution is 0.582. The molecule has 0 aliphatic carbocycles. The van der Waals surface area contributed by atoms with Crippen molar-refractivity contribution < 1.29 is 0 Å². The van der Waals surface area contributed by atoms with Gasteiger partial charge in [0.1, 0.15) is 0 Å². The second-order valence-electron chi connectivity index (χ2n) is 7.11. The van der Waals surface area contributed by atoms with Crippen molar-refractivity contribution in [2.45, 2.75) is 19.3 Å². The van der Waals surface area contributed by atoms with Gasteiger partial charge in [-0.1, -0.05) is 84.9 Å². The molecule has 138 valence electrons. The first kappa shape index (κ1) is 18.1. The number of aromatic nitrogens is 2. The molecule has 0 saturated heterocycles. The fourth-order valence-electron chi connectivity index (χ4n) is 3.44. The van der Waals surface area contributed by atoms with Gasteiger partial charge in [-0.05, 0) is 48.4 Å². The third-order valence-electron chi connectivity index (χ3n) is 4.98. The van der Waals surface area contributed by atoms with Crippen molar-refractivity contribution >= 4 is 17.1 Å². The summed E-state index contributed by atoms with van der Waals surface area (Å²) in [5, 5.41) is 0. The molecular formula is C26H24N2. The normalized spacial score (nSPS) is 12.4. The monoisotopic (exact) mass is 364 g/mol. The van der Waals surface area contributed by atoms with Crippen LogP contribution in [0.2, 0.25) is 0 Å². The fraction of sp³-hybridized carbons (Fsp3) is 0.154. The average molecular weight is 364 g/mol. The average Bonchev–Trinajstić information content (AvgIpc) is 2.77. The van der Waals surface area contributed by atoms with Crippen LogP contribution in [0.25, 0.3) is 17.1 Å². The van der Waals surface area contributed by atoms with Gasteiger partial charge in [0.15, 0.2) is 0 Å². The van der Waals surface area contributed by atoms with Crippen LogP contribution in [-0.2, 0) is 12.8 Å². The number of hydrogen-bond donors (Lipinski definition) is 0. The predicted molar refractivity (Wildman–Crippen MR) is 117 cm³/mol. The smallest absolute Gasteiger partial charge is 0.0890 e. The summed E-state index contributed by atoms with van der Waals surface area (Å²) in [6.07, 6.45) is 9.52. The summed E-state index contributed by atoms with van der Waals surface area (Å²) in [6, 6.07) is 29.2. The van der Waals surface area contributed by atoms with E-state index in [4.69, 9.17) is 4.98 Å². The summed E-state index contributed by atoms with van der Waals surface area (Å²) in [5.41, 5.74) is 5.58. The van der Waals surface area contributed by atoms with E-state index in [1.165, 1.54) is 11.1 Å². The molecule has 0 radical (unpaired) electrons. The molecule has 0 amide bonds. The third kappa shape index (κ3) is 4.92. The number of rotatable bonds is 7. The Kier molecular flexibility index (Phi) is 5.89. The molecule has 0 saturated carbocycles. The van der Waals surface area contributed by atoms with Crippen LogP contribution in [0, 0.1) is 5.92 Å². The molecule has 3 aromatic carbocycles. The van der Waals surface area contributed by atoms with Crippen LogP contribution in [-0.4, -0.2) is 9.97 Å². The molecule has 4 aromatic rings. The minimum absolute atomic E-state index is 0.413. The zero-order valence-corrected chi connectivity index (χ0v) is 15.9. The highest BCUT2D eigenvalue weighted by Crippen LogP contribution is 2.19. The summed E-state index contributed by atoms with van der Waals surface area (Å²) in [6.45, 7) is 0. The van der Waals surface area contributed by atoms with E-state index in [2.05, 4.69) is 77.8 Å². The van der Waals surface area contributed by atoms with Gasteiger partial charge in [0.05, 0.1) is 16.7 Å². The molecule has 28 heavy (non-hydrogen) atoms. The molecule has 0 N–H and O–H groups in total. The van der Waals surface area contributed by atoms with Crippen LogP contribution in [0.15, 0.2) is 97.2 Å². The molecule has 4 rings (SSSR count). The number of aryl methyl sites for hydroxylation is 1. The molecular weight excluding hydrogens is 340 g/mol. The van der Waals surface area contributed by atoms with E-state index in [1.807, 2.05) is 30.5 Å². The highest BCUT2D eigenvalue weighted by Gasteiger charge is 2.09. The van der Waals surface area contributed by atoms with E-state index in [-0.39, 0.29) is 0 Å². The first-order valence-electron chi connectivity index (χ1n) is 9.85. The number of hydrogen-bond acceptors (Lipinski definition) is 2. The van der Waals surface area contributed by atoms with Gasteiger partial charge >= 0.3 is 0 Å². The van der Waals surface area contributed by atoms with E-state index in [9.17, 15) is 0 Å². The number of para-hydroxylation sites is 2. The maximum Gasteiger partial charge on any atom is 0.0890 e. The number of allylic oxidation sites excluding steroid dienone is 1. The second kappa shape index (κ2) is 9.09. The Morgan fingerprint density at radius 1 is 0.750 bits per heavy atom. The topological polar surface area (TPSA) is 25.8 Å². The Morgan fingerprint density at radius 2 is 1.43 bits per heavy atom. The van der Waals surface area contributed by atoms with E-state index in [1.54, 1.807) is 0 Å². The summed E-state index contributed by atoms with van der Waals surface area (Å²) in [4.78, 5) is 9.41. The summed E-state index contributed by atoms with van der Waals surface area (Å²) in [5.74, 6) is 0.413. The molecule has 0 fully saturated rings. The van der Waals surface area contributed by atoms with Gasteiger partial charge in [-0.25, -0.2) is 4.98 Å². The fourth-order valence-corrected chi connectivity index (χ4v) is 3.44. The van der Waals surface area contributed by atoms with Gasteiger partial charge in [-0.3, -0.25) is 4.98 Å². The van der Waals surface area contributed by atoms with Crippen molar-refractivity contribution in [3.8, 4) is 0 Å². The second-order valence-corrected chi connectivity index (χ2v) is 7.11. The number of fused-ring (bicyclic) bond motifs is 1. The first-order valence-corrected chi connectivity index (χ1v) is 9.85. The number of benzene rings is 3. The maximum atomic E-state index is 4.83. The molecule has 1 atom stereocenters. The van der Waals surface area contributed by atoms with Gasteiger partial charge in [-0.15, -0.1) is 0 Å². The van der Waals surface area contributed by atoms with E-state index >= 15 is 0 Å². The van der Waals surface area contributed by atoms with E-state index < -0.39 is 0 Å². The number of nitrogens with zero attached hydrogens (tertiary/aromatic N) is 2.